The molecule has 1 heterocycles. The Hall–Kier alpha value is -0.410. The highest BCUT2D eigenvalue weighted by molar-refractivity contribution is 7.11. The fourth-order valence-electron chi connectivity index (χ4n) is 1.28. The van der Waals surface area contributed by atoms with Gasteiger partial charge in [0.1, 0.15) is 0 Å². The first-order chi connectivity index (χ1) is 6.51. The Morgan fingerprint density at radius 1 is 1.43 bits per heavy atom. The Kier molecular flexibility index (Phi) is 4.08. The van der Waals surface area contributed by atoms with E-state index in [-0.39, 0.29) is 0 Å². The lowest BCUT2D eigenvalue weighted by Gasteiger charge is -2.15. The van der Waals surface area contributed by atoms with Crippen LogP contribution in [-0.4, -0.2) is 11.5 Å². The molecule has 1 rings (SSSR count). The van der Waals surface area contributed by atoms with Crippen molar-refractivity contribution in [2.75, 3.05) is 6.54 Å². The zero-order valence-electron chi connectivity index (χ0n) is 9.34. The van der Waals surface area contributed by atoms with Crippen molar-refractivity contribution in [1.29, 1.82) is 0 Å². The Labute approximate surface area is 90.6 Å². The molecule has 0 aliphatic rings. The summed E-state index contributed by atoms with van der Waals surface area (Å²) in [4.78, 5) is 5.80. The number of aromatic nitrogens is 1. The lowest BCUT2D eigenvalue weighted by molar-refractivity contribution is 0.410. The number of aryl methyl sites for hydroxylation is 1. The van der Waals surface area contributed by atoms with E-state index in [0.29, 0.717) is 5.41 Å². The van der Waals surface area contributed by atoms with Gasteiger partial charge in [-0.3, -0.25) is 0 Å². The average molecular weight is 212 g/mol. The number of hydrogen-bond donors (Lipinski definition) is 1. The van der Waals surface area contributed by atoms with Gasteiger partial charge in [0.25, 0.3) is 0 Å². The van der Waals surface area contributed by atoms with Gasteiger partial charge in [-0.25, -0.2) is 4.98 Å². The van der Waals surface area contributed by atoms with E-state index in [0.717, 1.165) is 25.8 Å². The maximum absolute atomic E-state index is 5.47. The zero-order valence-corrected chi connectivity index (χ0v) is 10.2. The van der Waals surface area contributed by atoms with Gasteiger partial charge < -0.3 is 5.73 Å². The second kappa shape index (κ2) is 4.89. The van der Waals surface area contributed by atoms with Gasteiger partial charge >= 0.3 is 0 Å². The molecule has 0 aliphatic heterocycles. The lowest BCUT2D eigenvalue weighted by Crippen LogP contribution is -2.08. The van der Waals surface area contributed by atoms with Gasteiger partial charge in [-0.15, -0.1) is 11.3 Å². The molecule has 1 aromatic heterocycles. The van der Waals surface area contributed by atoms with Gasteiger partial charge in [0.2, 0.25) is 0 Å². The van der Waals surface area contributed by atoms with Crippen LogP contribution in [0.4, 0.5) is 0 Å². The lowest BCUT2D eigenvalue weighted by atomic mass is 9.93. The minimum Gasteiger partial charge on any atom is -0.330 e. The van der Waals surface area contributed by atoms with Crippen LogP contribution in [0.15, 0.2) is 6.20 Å². The van der Waals surface area contributed by atoms with Gasteiger partial charge in [0.05, 0.1) is 5.01 Å². The van der Waals surface area contributed by atoms with Gasteiger partial charge in [0, 0.05) is 17.5 Å². The fourth-order valence-corrected chi connectivity index (χ4v) is 2.54. The summed E-state index contributed by atoms with van der Waals surface area (Å²) in [6, 6.07) is 0. The van der Waals surface area contributed by atoms with Crippen LogP contribution >= 0.6 is 11.3 Å². The molecular formula is C11H20N2S. The molecule has 1 aromatic rings. The molecule has 0 radical (unpaired) electrons. The SMILES string of the molecule is CC(C)(C)Cc1ncc(CCCN)s1. The minimum atomic E-state index is 0.336. The van der Waals surface area contributed by atoms with Gasteiger partial charge in [-0.2, -0.15) is 0 Å². The first-order valence-corrected chi connectivity index (χ1v) is 5.96. The Morgan fingerprint density at radius 3 is 2.71 bits per heavy atom. The molecule has 80 valence electrons. The van der Waals surface area contributed by atoms with Crippen LogP contribution in [0.2, 0.25) is 0 Å². The van der Waals surface area contributed by atoms with Gasteiger partial charge in [-0.1, -0.05) is 20.8 Å². The molecule has 0 bridgehead atoms. The Bertz CT molecular complexity index is 273. The Morgan fingerprint density at radius 2 is 2.14 bits per heavy atom. The van der Waals surface area contributed by atoms with Crippen molar-refractivity contribution in [3.63, 3.8) is 0 Å². The summed E-state index contributed by atoms with van der Waals surface area (Å²) in [6.07, 6.45) is 5.22. The van der Waals surface area contributed by atoms with Crippen molar-refractivity contribution in [2.24, 2.45) is 11.1 Å². The average Bonchev–Trinajstić information content (AvgIpc) is 2.46. The summed E-state index contributed by atoms with van der Waals surface area (Å²) >= 11 is 1.83. The molecule has 0 saturated carbocycles. The summed E-state index contributed by atoms with van der Waals surface area (Å²) in [7, 11) is 0. The maximum atomic E-state index is 5.47. The van der Waals surface area contributed by atoms with Crippen molar-refractivity contribution in [2.45, 2.75) is 40.0 Å². The first kappa shape index (κ1) is 11.7. The standard InChI is InChI=1S/C11H20N2S/c1-11(2,3)7-10-13-8-9(14-10)5-4-6-12/h8H,4-7,12H2,1-3H3. The van der Waals surface area contributed by atoms with Crippen LogP contribution in [-0.2, 0) is 12.8 Å². The van der Waals surface area contributed by atoms with E-state index in [1.165, 1.54) is 9.88 Å². The predicted octanol–water partition coefficient (Wildman–Crippen LogP) is 2.62. The third kappa shape index (κ3) is 4.20. The largest absolute Gasteiger partial charge is 0.330 e. The Balaban J connectivity index is 2.51. The van der Waals surface area contributed by atoms with E-state index in [4.69, 9.17) is 5.73 Å². The van der Waals surface area contributed by atoms with Crippen molar-refractivity contribution < 1.29 is 0 Å². The highest BCUT2D eigenvalue weighted by atomic mass is 32.1. The molecule has 2 N–H and O–H groups in total. The van der Waals surface area contributed by atoms with Gasteiger partial charge in [-0.05, 0) is 24.8 Å². The highest BCUT2D eigenvalue weighted by Crippen LogP contribution is 2.24. The van der Waals surface area contributed by atoms with Crippen LogP contribution < -0.4 is 5.73 Å². The molecule has 0 atom stereocenters. The number of nitrogens with two attached hydrogens (primary N) is 1. The molecule has 0 aromatic carbocycles. The van der Waals surface area contributed by atoms with Crippen molar-refractivity contribution in [3.8, 4) is 0 Å². The number of rotatable bonds is 4. The number of hydrogen-bond acceptors (Lipinski definition) is 3. The highest BCUT2D eigenvalue weighted by Gasteiger charge is 2.13. The van der Waals surface area contributed by atoms with Crippen LogP contribution in [0.3, 0.4) is 0 Å². The molecule has 0 amide bonds. The van der Waals surface area contributed by atoms with E-state index in [1.807, 2.05) is 17.5 Å². The van der Waals surface area contributed by atoms with E-state index in [2.05, 4.69) is 25.8 Å². The number of thiazole rings is 1. The monoisotopic (exact) mass is 212 g/mol. The predicted molar refractivity (Wildman–Crippen MR) is 62.6 cm³/mol. The normalized spacial score (nSPS) is 12.0. The second-order valence-electron chi connectivity index (χ2n) is 4.85. The quantitative estimate of drug-likeness (QED) is 0.833. The van der Waals surface area contributed by atoms with Crippen molar-refractivity contribution >= 4 is 11.3 Å². The topological polar surface area (TPSA) is 38.9 Å². The molecule has 0 spiro atoms. The van der Waals surface area contributed by atoms with E-state index in [9.17, 15) is 0 Å². The summed E-state index contributed by atoms with van der Waals surface area (Å²) in [5.41, 5.74) is 5.81. The molecule has 0 fully saturated rings. The number of nitrogens with zero attached hydrogens (tertiary/aromatic N) is 1. The van der Waals surface area contributed by atoms with Crippen molar-refractivity contribution in [3.05, 3.63) is 16.1 Å². The fraction of sp³-hybridized carbons (Fsp3) is 0.727. The molecular weight excluding hydrogens is 192 g/mol. The molecule has 0 unspecified atom stereocenters. The summed E-state index contributed by atoms with van der Waals surface area (Å²) in [5.74, 6) is 0. The van der Waals surface area contributed by atoms with E-state index >= 15 is 0 Å². The van der Waals surface area contributed by atoms with E-state index < -0.39 is 0 Å². The maximum Gasteiger partial charge on any atom is 0.0932 e. The molecule has 3 heteroatoms. The zero-order chi connectivity index (χ0) is 10.6. The summed E-state index contributed by atoms with van der Waals surface area (Å²) < 4.78 is 0. The van der Waals surface area contributed by atoms with Crippen LogP contribution in [0.25, 0.3) is 0 Å². The molecule has 0 aliphatic carbocycles. The molecule has 14 heavy (non-hydrogen) atoms. The summed E-state index contributed by atoms with van der Waals surface area (Å²) in [5, 5.41) is 1.25. The van der Waals surface area contributed by atoms with Gasteiger partial charge in [0.15, 0.2) is 0 Å². The minimum absolute atomic E-state index is 0.336. The van der Waals surface area contributed by atoms with Crippen molar-refractivity contribution in [1.82, 2.24) is 4.98 Å². The third-order valence-electron chi connectivity index (χ3n) is 1.91. The third-order valence-corrected chi connectivity index (χ3v) is 2.97. The summed E-state index contributed by atoms with van der Waals surface area (Å²) in [6.45, 7) is 7.50. The van der Waals surface area contributed by atoms with E-state index in [1.54, 1.807) is 0 Å². The van der Waals surface area contributed by atoms with Crippen LogP contribution in [0, 0.1) is 5.41 Å². The molecule has 0 saturated heterocycles. The van der Waals surface area contributed by atoms with Crippen LogP contribution in [0.1, 0.15) is 37.1 Å². The smallest absolute Gasteiger partial charge is 0.0932 e. The molecule has 2 nitrogen and oxygen atoms in total. The first-order valence-electron chi connectivity index (χ1n) is 5.15. The van der Waals surface area contributed by atoms with Crippen LogP contribution in [0.5, 0.6) is 0 Å². The second-order valence-corrected chi connectivity index (χ2v) is 6.05.